The summed E-state index contributed by atoms with van der Waals surface area (Å²) in [5.41, 5.74) is 6.06. The predicted molar refractivity (Wildman–Crippen MR) is 69.5 cm³/mol. The molecule has 0 bridgehead atoms. The molecule has 3 nitrogen and oxygen atoms in total. The summed E-state index contributed by atoms with van der Waals surface area (Å²) in [6.07, 6.45) is 0.465. The van der Waals surface area contributed by atoms with Crippen LogP contribution in [0.5, 0.6) is 0 Å². The second-order valence-electron chi connectivity index (χ2n) is 4.05. The Morgan fingerprint density at radius 2 is 2.38 bits per heavy atom. The summed E-state index contributed by atoms with van der Waals surface area (Å²) in [7, 11) is 0. The van der Waals surface area contributed by atoms with E-state index in [1.54, 1.807) is 11.3 Å². The first-order valence-electron chi connectivity index (χ1n) is 5.35. The normalized spacial score (nSPS) is 25.5. The molecule has 0 saturated carbocycles. The van der Waals surface area contributed by atoms with Crippen molar-refractivity contribution in [2.45, 2.75) is 32.4 Å². The Labute approximate surface area is 108 Å². The van der Waals surface area contributed by atoms with Gasteiger partial charge in [0.15, 0.2) is 0 Å². The minimum atomic E-state index is -0.0719. The summed E-state index contributed by atoms with van der Waals surface area (Å²) < 4.78 is 1.11. The average Bonchev–Trinajstić information content (AvgIpc) is 2.67. The molecular weight excluding hydrogens is 288 g/mol. The van der Waals surface area contributed by atoms with E-state index in [1.165, 1.54) is 9.75 Å². The highest BCUT2D eigenvalue weighted by atomic mass is 79.9. The largest absolute Gasteiger partial charge is 0.333 e. The van der Waals surface area contributed by atoms with Gasteiger partial charge in [0.25, 0.3) is 0 Å². The van der Waals surface area contributed by atoms with E-state index >= 15 is 0 Å². The molecule has 0 aromatic carbocycles. The maximum Gasteiger partial charge on any atom is 0.224 e. The molecule has 1 aliphatic rings. The van der Waals surface area contributed by atoms with Gasteiger partial charge in [0.1, 0.15) is 0 Å². The molecule has 1 saturated heterocycles. The fourth-order valence-corrected chi connectivity index (χ4v) is 3.93. The van der Waals surface area contributed by atoms with Gasteiger partial charge in [-0.3, -0.25) is 4.79 Å². The van der Waals surface area contributed by atoms with E-state index in [9.17, 15) is 4.79 Å². The van der Waals surface area contributed by atoms with Crippen LogP contribution in [0.4, 0.5) is 0 Å². The van der Waals surface area contributed by atoms with Crippen LogP contribution in [0.3, 0.4) is 0 Å². The van der Waals surface area contributed by atoms with E-state index in [0.717, 1.165) is 11.0 Å². The summed E-state index contributed by atoms with van der Waals surface area (Å²) in [5.74, 6) is 0.169. The first kappa shape index (κ1) is 12.1. The summed E-state index contributed by atoms with van der Waals surface area (Å²) in [6, 6.07) is 2.08. The summed E-state index contributed by atoms with van der Waals surface area (Å²) in [4.78, 5) is 16.0. The third-order valence-electron chi connectivity index (χ3n) is 2.98. The number of likely N-dealkylation sites (N-methyl/N-ethyl adjacent to an activating group) is 1. The van der Waals surface area contributed by atoms with Gasteiger partial charge in [-0.25, -0.2) is 0 Å². The Morgan fingerprint density at radius 1 is 1.69 bits per heavy atom. The first-order valence-corrected chi connectivity index (χ1v) is 6.96. The monoisotopic (exact) mass is 302 g/mol. The number of aryl methyl sites for hydroxylation is 1. The van der Waals surface area contributed by atoms with Crippen molar-refractivity contribution in [3.05, 3.63) is 20.3 Å². The molecule has 16 heavy (non-hydrogen) atoms. The average molecular weight is 303 g/mol. The van der Waals surface area contributed by atoms with E-state index in [2.05, 4.69) is 28.9 Å². The predicted octanol–water partition coefficient (Wildman–Crippen LogP) is 2.44. The number of carbonyl (C=O) groups is 1. The number of carbonyl (C=O) groups excluding carboxylic acids is 1. The smallest absolute Gasteiger partial charge is 0.224 e. The Kier molecular flexibility index (Phi) is 3.37. The van der Waals surface area contributed by atoms with Crippen molar-refractivity contribution in [2.75, 3.05) is 6.54 Å². The number of halogens is 1. The van der Waals surface area contributed by atoms with Crippen molar-refractivity contribution in [3.63, 3.8) is 0 Å². The van der Waals surface area contributed by atoms with Crippen molar-refractivity contribution in [1.82, 2.24) is 4.90 Å². The molecule has 2 atom stereocenters. The Morgan fingerprint density at radius 3 is 2.88 bits per heavy atom. The third-order valence-corrected chi connectivity index (χ3v) is 5.19. The third kappa shape index (κ3) is 1.92. The standard InChI is InChI=1S/C11H15BrN2OS/c1-3-14-10(15)5-8(13)11(14)9-4-7(12)6(2)16-9/h4,8,11H,3,5,13H2,1-2H3. The molecule has 1 aromatic heterocycles. The summed E-state index contributed by atoms with van der Waals surface area (Å²) >= 11 is 5.22. The van der Waals surface area contributed by atoms with Crippen LogP contribution >= 0.6 is 27.3 Å². The number of nitrogens with zero attached hydrogens (tertiary/aromatic N) is 1. The first-order chi connectivity index (χ1) is 7.54. The van der Waals surface area contributed by atoms with Gasteiger partial charge in [0.2, 0.25) is 5.91 Å². The molecule has 5 heteroatoms. The van der Waals surface area contributed by atoms with E-state index in [4.69, 9.17) is 5.73 Å². The van der Waals surface area contributed by atoms with Gasteiger partial charge in [0.05, 0.1) is 6.04 Å². The molecule has 0 spiro atoms. The molecule has 2 unspecified atom stereocenters. The zero-order valence-corrected chi connectivity index (χ0v) is 11.8. The number of nitrogens with two attached hydrogens (primary N) is 1. The zero-order chi connectivity index (χ0) is 11.9. The Balaban J connectivity index is 2.35. The number of rotatable bonds is 2. The number of likely N-dealkylation sites (tertiary alicyclic amines) is 1. The van der Waals surface area contributed by atoms with Crippen LogP contribution in [0, 0.1) is 6.92 Å². The maximum absolute atomic E-state index is 11.7. The van der Waals surface area contributed by atoms with Crippen LogP contribution in [0.2, 0.25) is 0 Å². The molecule has 0 aliphatic carbocycles. The van der Waals surface area contributed by atoms with Crippen molar-refractivity contribution < 1.29 is 4.79 Å². The van der Waals surface area contributed by atoms with E-state index in [-0.39, 0.29) is 18.0 Å². The van der Waals surface area contributed by atoms with Crippen molar-refractivity contribution in [2.24, 2.45) is 5.73 Å². The quantitative estimate of drug-likeness (QED) is 0.912. The lowest BCUT2D eigenvalue weighted by Crippen LogP contribution is -2.32. The number of amides is 1. The van der Waals surface area contributed by atoms with Gasteiger partial charge in [-0.15, -0.1) is 11.3 Å². The van der Waals surface area contributed by atoms with E-state index in [0.29, 0.717) is 6.42 Å². The van der Waals surface area contributed by atoms with Gasteiger partial charge >= 0.3 is 0 Å². The van der Waals surface area contributed by atoms with Crippen molar-refractivity contribution >= 4 is 33.2 Å². The molecule has 1 amide bonds. The molecule has 1 aliphatic heterocycles. The van der Waals surface area contributed by atoms with Gasteiger partial charge in [-0.2, -0.15) is 0 Å². The van der Waals surface area contributed by atoms with Crippen LogP contribution in [-0.4, -0.2) is 23.4 Å². The van der Waals surface area contributed by atoms with Crippen LogP contribution in [0.15, 0.2) is 10.5 Å². The number of thiophene rings is 1. The molecule has 2 rings (SSSR count). The Bertz CT molecular complexity index is 399. The van der Waals surface area contributed by atoms with Crippen molar-refractivity contribution in [3.8, 4) is 0 Å². The lowest BCUT2D eigenvalue weighted by atomic mass is 10.1. The highest BCUT2D eigenvalue weighted by Gasteiger charge is 2.38. The molecule has 1 fully saturated rings. The van der Waals surface area contributed by atoms with Gasteiger partial charge in [0, 0.05) is 33.2 Å². The zero-order valence-electron chi connectivity index (χ0n) is 9.37. The van der Waals surface area contributed by atoms with Crippen molar-refractivity contribution in [1.29, 1.82) is 0 Å². The summed E-state index contributed by atoms with van der Waals surface area (Å²) in [5, 5.41) is 0. The minimum Gasteiger partial charge on any atom is -0.333 e. The second-order valence-corrected chi connectivity index (χ2v) is 6.19. The van der Waals surface area contributed by atoms with Crippen LogP contribution in [0.1, 0.15) is 29.1 Å². The fourth-order valence-electron chi connectivity index (χ4n) is 2.18. The molecule has 2 heterocycles. The van der Waals surface area contributed by atoms with Gasteiger partial charge in [-0.1, -0.05) is 0 Å². The molecular formula is C11H15BrN2OS. The topological polar surface area (TPSA) is 46.3 Å². The van der Waals surface area contributed by atoms with Crippen LogP contribution in [-0.2, 0) is 4.79 Å². The van der Waals surface area contributed by atoms with Gasteiger partial charge < -0.3 is 10.6 Å². The fraction of sp³-hybridized carbons (Fsp3) is 0.545. The molecule has 1 aromatic rings. The van der Waals surface area contributed by atoms with Crippen LogP contribution in [0.25, 0.3) is 0 Å². The van der Waals surface area contributed by atoms with Gasteiger partial charge in [-0.05, 0) is 35.8 Å². The SMILES string of the molecule is CCN1C(=O)CC(N)C1c1cc(Br)c(C)s1. The minimum absolute atomic E-state index is 0.0625. The van der Waals surface area contributed by atoms with Crippen LogP contribution < -0.4 is 5.73 Å². The Hall–Kier alpha value is -0.390. The molecule has 88 valence electrons. The van der Waals surface area contributed by atoms with E-state index in [1.807, 2.05) is 11.8 Å². The molecule has 2 N–H and O–H groups in total. The highest BCUT2D eigenvalue weighted by Crippen LogP contribution is 2.38. The lowest BCUT2D eigenvalue weighted by Gasteiger charge is -2.24. The number of hydrogen-bond donors (Lipinski definition) is 1. The lowest BCUT2D eigenvalue weighted by molar-refractivity contribution is -0.128. The maximum atomic E-state index is 11.7. The van der Waals surface area contributed by atoms with E-state index < -0.39 is 0 Å². The second kappa shape index (κ2) is 4.47. The highest BCUT2D eigenvalue weighted by molar-refractivity contribution is 9.10. The molecule has 0 radical (unpaired) electrons. The number of hydrogen-bond acceptors (Lipinski definition) is 3. The summed E-state index contributed by atoms with van der Waals surface area (Å²) in [6.45, 7) is 4.79.